The van der Waals surface area contributed by atoms with Gasteiger partial charge in [-0.15, -0.1) is 0 Å². The fourth-order valence-corrected chi connectivity index (χ4v) is 1.65. The number of nitrogens with zero attached hydrogens (tertiary/aromatic N) is 2. The van der Waals surface area contributed by atoms with Crippen molar-refractivity contribution in [3.8, 4) is 0 Å². The van der Waals surface area contributed by atoms with E-state index in [-0.39, 0.29) is 0 Å². The predicted octanol–water partition coefficient (Wildman–Crippen LogP) is 0.707. The van der Waals surface area contributed by atoms with E-state index in [0.29, 0.717) is 12.6 Å². The summed E-state index contributed by atoms with van der Waals surface area (Å²) in [5.41, 5.74) is 4.67. The van der Waals surface area contributed by atoms with Gasteiger partial charge in [0.1, 0.15) is 0 Å². The lowest BCUT2D eigenvalue weighted by Crippen LogP contribution is -2.54. The topological polar surface area (TPSA) is 61.8 Å². The van der Waals surface area contributed by atoms with Gasteiger partial charge in [-0.2, -0.15) is 0 Å². The van der Waals surface area contributed by atoms with E-state index in [1.165, 1.54) is 6.20 Å². The number of hydrogen-bond donors (Lipinski definition) is 2. The van der Waals surface area contributed by atoms with Crippen LogP contribution < -0.4 is 5.73 Å². The highest BCUT2D eigenvalue weighted by molar-refractivity contribution is 9.12. The Morgan fingerprint density at radius 1 is 1.67 bits per heavy atom. The molecule has 0 amide bonds. The molecule has 3 N–H and O–H groups in total. The van der Waals surface area contributed by atoms with Gasteiger partial charge in [0, 0.05) is 32.0 Å². The van der Waals surface area contributed by atoms with Crippen molar-refractivity contribution in [1.82, 2.24) is 4.90 Å². The molecule has 0 aliphatic carbocycles. The Balaban J connectivity index is 2.24. The molecule has 4 nitrogen and oxygen atoms in total. The summed E-state index contributed by atoms with van der Waals surface area (Å²) in [7, 11) is 0. The Bertz CT molecular complexity index is 264. The van der Waals surface area contributed by atoms with Crippen molar-refractivity contribution in [2.24, 2.45) is 10.7 Å². The minimum atomic E-state index is -0.619. The monoisotopic (exact) mass is 275 g/mol. The van der Waals surface area contributed by atoms with Gasteiger partial charge in [-0.25, -0.2) is 0 Å². The fourth-order valence-electron chi connectivity index (χ4n) is 1.53. The third-order valence-corrected chi connectivity index (χ3v) is 2.59. The van der Waals surface area contributed by atoms with Gasteiger partial charge in [0.25, 0.3) is 0 Å². The molecule has 0 radical (unpaired) electrons. The SMILES string of the molecule is CC(C)(O)CN1CC(N=CC(Br)=CN)C1. The van der Waals surface area contributed by atoms with Crippen molar-refractivity contribution in [1.29, 1.82) is 0 Å². The summed E-state index contributed by atoms with van der Waals surface area (Å²) in [5, 5.41) is 9.58. The van der Waals surface area contributed by atoms with Gasteiger partial charge < -0.3 is 10.8 Å². The lowest BCUT2D eigenvalue weighted by molar-refractivity contribution is 0.00905. The molecule has 1 rings (SSSR count). The van der Waals surface area contributed by atoms with E-state index in [4.69, 9.17) is 5.73 Å². The molecule has 0 aromatic rings. The molecule has 86 valence electrons. The number of β-amino-alcohol motifs (C(OH)–C–C–N with tert-alkyl or cyclic N) is 1. The fraction of sp³-hybridized carbons (Fsp3) is 0.700. The van der Waals surface area contributed by atoms with E-state index in [0.717, 1.165) is 17.6 Å². The quantitative estimate of drug-likeness (QED) is 0.743. The van der Waals surface area contributed by atoms with E-state index >= 15 is 0 Å². The molecule has 0 unspecified atom stereocenters. The highest BCUT2D eigenvalue weighted by Crippen LogP contribution is 2.15. The van der Waals surface area contributed by atoms with Crippen molar-refractivity contribution < 1.29 is 5.11 Å². The van der Waals surface area contributed by atoms with Crippen LogP contribution in [0, 0.1) is 0 Å². The van der Waals surface area contributed by atoms with Crippen molar-refractivity contribution >= 4 is 22.1 Å². The number of halogens is 1. The second-order valence-corrected chi connectivity index (χ2v) is 5.41. The highest BCUT2D eigenvalue weighted by Gasteiger charge is 2.29. The molecule has 1 fully saturated rings. The first-order valence-electron chi connectivity index (χ1n) is 4.96. The molecule has 1 saturated heterocycles. The number of aliphatic hydroxyl groups is 1. The van der Waals surface area contributed by atoms with Crippen LogP contribution in [-0.2, 0) is 0 Å². The minimum absolute atomic E-state index is 0.333. The first-order valence-corrected chi connectivity index (χ1v) is 5.75. The van der Waals surface area contributed by atoms with E-state index in [2.05, 4.69) is 25.8 Å². The lowest BCUT2D eigenvalue weighted by atomic mass is 10.0. The lowest BCUT2D eigenvalue weighted by Gasteiger charge is -2.39. The summed E-state index contributed by atoms with van der Waals surface area (Å²) in [5.74, 6) is 0. The van der Waals surface area contributed by atoms with E-state index in [9.17, 15) is 5.11 Å². The summed E-state index contributed by atoms with van der Waals surface area (Å²) in [6, 6.07) is 0.333. The maximum absolute atomic E-state index is 9.58. The van der Waals surface area contributed by atoms with Crippen LogP contribution >= 0.6 is 15.9 Å². The molecular formula is C10H18BrN3O. The van der Waals surface area contributed by atoms with Crippen LogP contribution in [0.25, 0.3) is 0 Å². The average Bonchev–Trinajstić information content (AvgIpc) is 2.06. The minimum Gasteiger partial charge on any atom is -0.404 e. The first kappa shape index (κ1) is 12.7. The number of allylic oxidation sites excluding steroid dienone is 1. The molecule has 5 heteroatoms. The molecule has 0 bridgehead atoms. The van der Waals surface area contributed by atoms with Crippen LogP contribution in [0.4, 0.5) is 0 Å². The second kappa shape index (κ2) is 5.09. The molecule has 1 aliphatic heterocycles. The molecule has 0 aromatic heterocycles. The van der Waals surface area contributed by atoms with E-state index < -0.39 is 5.60 Å². The summed E-state index contributed by atoms with van der Waals surface area (Å²) in [6.07, 6.45) is 3.20. The number of nitrogens with two attached hydrogens (primary N) is 1. The number of hydrogen-bond acceptors (Lipinski definition) is 4. The Hall–Kier alpha value is -0.390. The van der Waals surface area contributed by atoms with Gasteiger partial charge in [-0.3, -0.25) is 9.89 Å². The number of rotatable bonds is 4. The molecule has 0 spiro atoms. The van der Waals surface area contributed by atoms with Crippen LogP contribution in [-0.4, -0.2) is 47.5 Å². The van der Waals surface area contributed by atoms with Gasteiger partial charge >= 0.3 is 0 Å². The molecule has 0 atom stereocenters. The molecule has 1 aliphatic rings. The first-order chi connectivity index (χ1) is 6.90. The van der Waals surface area contributed by atoms with Crippen LogP contribution in [0.5, 0.6) is 0 Å². The van der Waals surface area contributed by atoms with E-state index in [1.54, 1.807) is 6.21 Å². The number of aliphatic imine (C=N–C) groups is 1. The van der Waals surface area contributed by atoms with Gasteiger partial charge in [-0.1, -0.05) is 0 Å². The Morgan fingerprint density at radius 3 is 2.73 bits per heavy atom. The van der Waals surface area contributed by atoms with E-state index in [1.807, 2.05) is 13.8 Å². The Kier molecular flexibility index (Phi) is 4.31. The van der Waals surface area contributed by atoms with Gasteiger partial charge in [0.05, 0.1) is 16.1 Å². The average molecular weight is 276 g/mol. The molecule has 15 heavy (non-hydrogen) atoms. The van der Waals surface area contributed by atoms with Crippen LogP contribution in [0.15, 0.2) is 15.7 Å². The van der Waals surface area contributed by atoms with Gasteiger partial charge in [0.2, 0.25) is 0 Å². The maximum Gasteiger partial charge on any atom is 0.0753 e. The smallest absolute Gasteiger partial charge is 0.0753 e. The number of likely N-dealkylation sites (tertiary alicyclic amines) is 1. The molecule has 1 heterocycles. The Labute approximate surface area is 99.0 Å². The standard InChI is InChI=1S/C10H18BrN3O/c1-10(2,15)7-14-5-9(6-14)13-4-8(11)3-12/h3-4,9,15H,5-7,12H2,1-2H3. The van der Waals surface area contributed by atoms with Crippen molar-refractivity contribution in [3.63, 3.8) is 0 Å². The second-order valence-electron chi connectivity index (χ2n) is 4.49. The van der Waals surface area contributed by atoms with Crippen LogP contribution in [0.3, 0.4) is 0 Å². The van der Waals surface area contributed by atoms with Gasteiger partial charge in [0.15, 0.2) is 0 Å². The van der Waals surface area contributed by atoms with Gasteiger partial charge in [-0.05, 0) is 29.8 Å². The van der Waals surface area contributed by atoms with Crippen molar-refractivity contribution in [3.05, 3.63) is 10.7 Å². The van der Waals surface area contributed by atoms with Crippen molar-refractivity contribution in [2.45, 2.75) is 25.5 Å². The largest absolute Gasteiger partial charge is 0.404 e. The van der Waals surface area contributed by atoms with Crippen LogP contribution in [0.1, 0.15) is 13.8 Å². The molecular weight excluding hydrogens is 258 g/mol. The zero-order valence-corrected chi connectivity index (χ0v) is 10.7. The molecule has 0 aromatic carbocycles. The third-order valence-electron chi connectivity index (χ3n) is 2.12. The highest BCUT2D eigenvalue weighted by atomic mass is 79.9. The van der Waals surface area contributed by atoms with Crippen LogP contribution in [0.2, 0.25) is 0 Å². The normalized spacial score (nSPS) is 20.9. The van der Waals surface area contributed by atoms with Crippen molar-refractivity contribution in [2.75, 3.05) is 19.6 Å². The summed E-state index contributed by atoms with van der Waals surface area (Å²) < 4.78 is 0.795. The predicted molar refractivity (Wildman–Crippen MR) is 66.2 cm³/mol. The summed E-state index contributed by atoms with van der Waals surface area (Å²) in [4.78, 5) is 6.52. The molecule has 0 saturated carbocycles. The maximum atomic E-state index is 9.58. The summed E-state index contributed by atoms with van der Waals surface area (Å²) >= 11 is 3.26. The summed E-state index contributed by atoms with van der Waals surface area (Å²) in [6.45, 7) is 6.15. The third kappa shape index (κ3) is 4.77. The zero-order chi connectivity index (χ0) is 11.5. The Morgan fingerprint density at radius 2 is 2.27 bits per heavy atom. The zero-order valence-electron chi connectivity index (χ0n) is 9.15.